The van der Waals surface area contributed by atoms with Gasteiger partial charge in [0, 0.05) is 13.2 Å². The highest BCUT2D eigenvalue weighted by molar-refractivity contribution is 5.79. The molecule has 0 unspecified atom stereocenters. The van der Waals surface area contributed by atoms with Gasteiger partial charge >= 0.3 is 0 Å². The van der Waals surface area contributed by atoms with E-state index in [9.17, 15) is 0 Å². The van der Waals surface area contributed by atoms with Crippen LogP contribution < -0.4 is 5.73 Å². The van der Waals surface area contributed by atoms with E-state index < -0.39 is 0 Å². The number of rotatable bonds is 1. The molecule has 1 aliphatic rings. The molecule has 0 saturated carbocycles. The summed E-state index contributed by atoms with van der Waals surface area (Å²) in [5, 5.41) is 0. The van der Waals surface area contributed by atoms with Gasteiger partial charge in [-0.05, 0) is 43.9 Å². The van der Waals surface area contributed by atoms with E-state index in [2.05, 4.69) is 31.0 Å². The smallest absolute Gasteiger partial charge is 0.127 e. The molecule has 96 valence electrons. The number of nitrogens with zero attached hydrogens (tertiary/aromatic N) is 1. The summed E-state index contributed by atoms with van der Waals surface area (Å²) in [6.07, 6.45) is 1.65. The van der Waals surface area contributed by atoms with E-state index >= 15 is 0 Å². The van der Waals surface area contributed by atoms with Crippen LogP contribution in [-0.4, -0.2) is 23.2 Å². The molecule has 0 radical (unpaired) electrons. The van der Waals surface area contributed by atoms with Gasteiger partial charge in [0.05, 0.1) is 16.6 Å². The second kappa shape index (κ2) is 4.07. The van der Waals surface area contributed by atoms with E-state index in [1.807, 2.05) is 0 Å². The van der Waals surface area contributed by atoms with Crippen molar-refractivity contribution in [2.75, 3.05) is 13.2 Å². The third kappa shape index (κ3) is 1.82. The van der Waals surface area contributed by atoms with Crippen molar-refractivity contribution in [2.45, 2.75) is 32.2 Å². The van der Waals surface area contributed by atoms with Crippen molar-refractivity contribution in [3.8, 4) is 0 Å². The SMILES string of the molecule is Cc1cc(C)c2nc(C3(N)CCOCC3)[nH]c2c1. The maximum atomic E-state index is 6.46. The van der Waals surface area contributed by atoms with Gasteiger partial charge in [0.15, 0.2) is 0 Å². The van der Waals surface area contributed by atoms with Gasteiger partial charge in [-0.3, -0.25) is 0 Å². The average molecular weight is 245 g/mol. The van der Waals surface area contributed by atoms with Crippen molar-refractivity contribution in [3.05, 3.63) is 29.1 Å². The third-order valence-corrected chi connectivity index (χ3v) is 3.78. The Morgan fingerprint density at radius 1 is 1.28 bits per heavy atom. The molecule has 4 nitrogen and oxygen atoms in total. The van der Waals surface area contributed by atoms with Gasteiger partial charge < -0.3 is 15.5 Å². The van der Waals surface area contributed by atoms with Gasteiger partial charge in [-0.15, -0.1) is 0 Å². The Labute approximate surface area is 107 Å². The standard InChI is InChI=1S/C14H19N3O/c1-9-7-10(2)12-11(8-9)16-13(17-12)14(15)3-5-18-6-4-14/h7-8H,3-6,15H2,1-2H3,(H,16,17). The first-order valence-corrected chi connectivity index (χ1v) is 6.43. The summed E-state index contributed by atoms with van der Waals surface area (Å²) in [5.74, 6) is 0.898. The summed E-state index contributed by atoms with van der Waals surface area (Å²) >= 11 is 0. The van der Waals surface area contributed by atoms with Gasteiger partial charge in [-0.2, -0.15) is 0 Å². The molecule has 1 aromatic carbocycles. The zero-order chi connectivity index (χ0) is 12.8. The average Bonchev–Trinajstić information content (AvgIpc) is 2.74. The molecule has 4 heteroatoms. The molecule has 3 N–H and O–H groups in total. The minimum Gasteiger partial charge on any atom is -0.381 e. The first-order chi connectivity index (χ1) is 8.58. The number of benzene rings is 1. The Balaban J connectivity index is 2.10. The fraction of sp³-hybridized carbons (Fsp3) is 0.500. The molecule has 1 saturated heterocycles. The van der Waals surface area contributed by atoms with Gasteiger partial charge in [0.1, 0.15) is 5.82 Å². The van der Waals surface area contributed by atoms with Crippen molar-refractivity contribution in [3.63, 3.8) is 0 Å². The number of fused-ring (bicyclic) bond motifs is 1. The number of hydrogen-bond donors (Lipinski definition) is 2. The summed E-state index contributed by atoms with van der Waals surface area (Å²) < 4.78 is 5.38. The summed E-state index contributed by atoms with van der Waals surface area (Å²) in [6, 6.07) is 4.28. The van der Waals surface area contributed by atoms with Gasteiger partial charge in [-0.1, -0.05) is 6.07 Å². The molecule has 1 aliphatic heterocycles. The molecule has 3 rings (SSSR count). The molecule has 18 heavy (non-hydrogen) atoms. The summed E-state index contributed by atoms with van der Waals surface area (Å²) in [6.45, 7) is 5.61. The van der Waals surface area contributed by atoms with Gasteiger partial charge in [-0.25, -0.2) is 4.98 Å². The van der Waals surface area contributed by atoms with Crippen LogP contribution >= 0.6 is 0 Å². The largest absolute Gasteiger partial charge is 0.381 e. The maximum Gasteiger partial charge on any atom is 0.127 e. The Kier molecular flexibility index (Phi) is 2.64. The minimum absolute atomic E-state index is 0.363. The molecule has 2 heterocycles. The van der Waals surface area contributed by atoms with Crippen LogP contribution in [0.25, 0.3) is 11.0 Å². The molecule has 0 spiro atoms. The highest BCUT2D eigenvalue weighted by Gasteiger charge is 2.33. The number of nitrogens with two attached hydrogens (primary N) is 1. The first kappa shape index (κ1) is 11.7. The fourth-order valence-electron chi connectivity index (χ4n) is 2.68. The van der Waals surface area contributed by atoms with Crippen LogP contribution in [0.15, 0.2) is 12.1 Å². The van der Waals surface area contributed by atoms with E-state index in [1.165, 1.54) is 11.1 Å². The number of imidazole rings is 1. The number of nitrogens with one attached hydrogen (secondary N) is 1. The summed E-state index contributed by atoms with van der Waals surface area (Å²) in [5.41, 5.74) is 10.7. The molecular weight excluding hydrogens is 226 g/mol. The molecule has 1 fully saturated rings. The van der Waals surface area contributed by atoms with E-state index in [1.54, 1.807) is 0 Å². The van der Waals surface area contributed by atoms with E-state index in [0.717, 1.165) is 29.7 Å². The first-order valence-electron chi connectivity index (χ1n) is 6.43. The zero-order valence-electron chi connectivity index (χ0n) is 10.9. The lowest BCUT2D eigenvalue weighted by Gasteiger charge is -2.31. The van der Waals surface area contributed by atoms with E-state index in [-0.39, 0.29) is 5.54 Å². The number of ether oxygens (including phenoxy) is 1. The van der Waals surface area contributed by atoms with Crippen LogP contribution in [0, 0.1) is 13.8 Å². The number of H-pyrrole nitrogens is 1. The zero-order valence-corrected chi connectivity index (χ0v) is 10.9. The molecule has 0 bridgehead atoms. The van der Waals surface area contributed by atoms with Crippen LogP contribution in [0.1, 0.15) is 29.8 Å². The second-order valence-electron chi connectivity index (χ2n) is 5.33. The fourth-order valence-corrected chi connectivity index (χ4v) is 2.68. The lowest BCUT2D eigenvalue weighted by atomic mass is 9.91. The van der Waals surface area contributed by atoms with Crippen molar-refractivity contribution < 1.29 is 4.74 Å². The molecule has 0 amide bonds. The Morgan fingerprint density at radius 2 is 2.00 bits per heavy atom. The van der Waals surface area contributed by atoms with E-state index in [4.69, 9.17) is 15.5 Å². The lowest BCUT2D eigenvalue weighted by molar-refractivity contribution is 0.0496. The summed E-state index contributed by atoms with van der Waals surface area (Å²) in [7, 11) is 0. The predicted octanol–water partition coefficient (Wildman–Crippen LogP) is 2.14. The quantitative estimate of drug-likeness (QED) is 0.809. The Hall–Kier alpha value is -1.39. The maximum absolute atomic E-state index is 6.46. The van der Waals surface area contributed by atoms with Crippen molar-refractivity contribution in [2.24, 2.45) is 5.73 Å². The number of aryl methyl sites for hydroxylation is 2. The Bertz CT molecular complexity index is 582. The third-order valence-electron chi connectivity index (χ3n) is 3.78. The van der Waals surface area contributed by atoms with Crippen LogP contribution in [0.2, 0.25) is 0 Å². The number of aromatic amines is 1. The van der Waals surface area contributed by atoms with Gasteiger partial charge in [0.25, 0.3) is 0 Å². The highest BCUT2D eigenvalue weighted by Crippen LogP contribution is 2.29. The van der Waals surface area contributed by atoms with Crippen molar-refractivity contribution in [1.29, 1.82) is 0 Å². The Morgan fingerprint density at radius 3 is 2.72 bits per heavy atom. The number of aromatic nitrogens is 2. The monoisotopic (exact) mass is 245 g/mol. The topological polar surface area (TPSA) is 63.9 Å². The molecular formula is C14H19N3O. The van der Waals surface area contributed by atoms with Crippen LogP contribution in [0.5, 0.6) is 0 Å². The van der Waals surface area contributed by atoms with E-state index in [0.29, 0.717) is 13.2 Å². The minimum atomic E-state index is -0.363. The van der Waals surface area contributed by atoms with Gasteiger partial charge in [0.2, 0.25) is 0 Å². The second-order valence-corrected chi connectivity index (χ2v) is 5.33. The van der Waals surface area contributed by atoms with Crippen molar-refractivity contribution >= 4 is 11.0 Å². The van der Waals surface area contributed by atoms with Crippen LogP contribution in [-0.2, 0) is 10.3 Å². The number of hydrogen-bond acceptors (Lipinski definition) is 3. The van der Waals surface area contributed by atoms with Crippen LogP contribution in [0.4, 0.5) is 0 Å². The highest BCUT2D eigenvalue weighted by atomic mass is 16.5. The normalized spacial score (nSPS) is 19.3. The van der Waals surface area contributed by atoms with Crippen LogP contribution in [0.3, 0.4) is 0 Å². The predicted molar refractivity (Wildman–Crippen MR) is 71.5 cm³/mol. The summed E-state index contributed by atoms with van der Waals surface area (Å²) in [4.78, 5) is 8.11. The molecule has 0 aliphatic carbocycles. The molecule has 1 aromatic heterocycles. The van der Waals surface area contributed by atoms with Crippen molar-refractivity contribution in [1.82, 2.24) is 9.97 Å². The molecule has 0 atom stereocenters. The molecule has 2 aromatic rings. The lowest BCUT2D eigenvalue weighted by Crippen LogP contribution is -2.43.